The SMILES string of the molecule is CC=CC(=CC=CCC1C=CC=CC1)C(C)C(C)CC(=CC)CCCCC1CCC(CC(N)CCC(=CC)CC)CC1. The fourth-order valence-electron chi connectivity index (χ4n) is 7.06. The van der Waals surface area contributed by atoms with Gasteiger partial charge in [0.25, 0.3) is 0 Å². The van der Waals surface area contributed by atoms with E-state index in [9.17, 15) is 0 Å². The summed E-state index contributed by atoms with van der Waals surface area (Å²) < 4.78 is 0. The van der Waals surface area contributed by atoms with E-state index in [1.165, 1.54) is 95.5 Å². The van der Waals surface area contributed by atoms with Gasteiger partial charge in [-0.15, -0.1) is 0 Å². The Hall–Kier alpha value is -1.86. The van der Waals surface area contributed by atoms with Crippen molar-refractivity contribution in [3.8, 4) is 0 Å². The van der Waals surface area contributed by atoms with Crippen LogP contribution < -0.4 is 5.73 Å². The van der Waals surface area contributed by atoms with Crippen LogP contribution in [0.5, 0.6) is 0 Å². The van der Waals surface area contributed by atoms with E-state index < -0.39 is 0 Å². The lowest BCUT2D eigenvalue weighted by Crippen LogP contribution is -2.26. The van der Waals surface area contributed by atoms with Crippen LogP contribution in [0.15, 0.2) is 83.6 Å². The first kappa shape index (κ1) is 36.3. The normalized spacial score (nSPS) is 24.5. The minimum atomic E-state index is 0.389. The maximum atomic E-state index is 6.53. The summed E-state index contributed by atoms with van der Waals surface area (Å²) in [5, 5.41) is 0. The van der Waals surface area contributed by atoms with Gasteiger partial charge in [0.15, 0.2) is 0 Å². The van der Waals surface area contributed by atoms with Gasteiger partial charge >= 0.3 is 0 Å². The number of unbranched alkanes of at least 4 members (excludes halogenated alkanes) is 1. The van der Waals surface area contributed by atoms with Crippen molar-refractivity contribution in [3.05, 3.63) is 83.6 Å². The molecule has 2 N–H and O–H groups in total. The highest BCUT2D eigenvalue weighted by molar-refractivity contribution is 5.27. The molecule has 42 heavy (non-hydrogen) atoms. The van der Waals surface area contributed by atoms with Crippen molar-refractivity contribution in [2.75, 3.05) is 0 Å². The molecule has 0 aromatic heterocycles. The van der Waals surface area contributed by atoms with Crippen LogP contribution in [0.2, 0.25) is 0 Å². The van der Waals surface area contributed by atoms with Crippen LogP contribution in [-0.4, -0.2) is 6.04 Å². The molecule has 2 rings (SSSR count). The third-order valence-electron chi connectivity index (χ3n) is 10.3. The van der Waals surface area contributed by atoms with Crippen LogP contribution in [0, 0.1) is 29.6 Å². The molecule has 0 aromatic carbocycles. The largest absolute Gasteiger partial charge is 0.328 e. The lowest BCUT2D eigenvalue weighted by atomic mass is 9.77. The first-order valence-electron chi connectivity index (χ1n) is 17.8. The summed E-state index contributed by atoms with van der Waals surface area (Å²) in [7, 11) is 0. The molecule has 1 nitrogen and oxygen atoms in total. The van der Waals surface area contributed by atoms with E-state index in [4.69, 9.17) is 5.73 Å². The molecule has 0 aromatic rings. The second kappa shape index (κ2) is 21.8. The Balaban J connectivity index is 1.67. The highest BCUT2D eigenvalue weighted by atomic mass is 14.6. The summed E-state index contributed by atoms with van der Waals surface area (Å²) in [4.78, 5) is 0. The molecule has 0 spiro atoms. The Bertz CT molecular complexity index is 930. The Morgan fingerprint density at radius 1 is 0.929 bits per heavy atom. The third-order valence-corrected chi connectivity index (χ3v) is 10.3. The maximum absolute atomic E-state index is 6.53. The first-order valence-corrected chi connectivity index (χ1v) is 17.8. The molecule has 1 fully saturated rings. The molecule has 1 saturated carbocycles. The minimum Gasteiger partial charge on any atom is -0.328 e. The van der Waals surface area contributed by atoms with Crippen LogP contribution in [0.3, 0.4) is 0 Å². The topological polar surface area (TPSA) is 26.0 Å². The van der Waals surface area contributed by atoms with Gasteiger partial charge in [0.1, 0.15) is 0 Å². The van der Waals surface area contributed by atoms with Gasteiger partial charge in [-0.25, -0.2) is 0 Å². The smallest absolute Gasteiger partial charge is 0.00445 e. The number of hydrogen-bond donors (Lipinski definition) is 1. The van der Waals surface area contributed by atoms with Crippen molar-refractivity contribution in [3.63, 3.8) is 0 Å². The average molecular weight is 574 g/mol. The lowest BCUT2D eigenvalue weighted by molar-refractivity contribution is 0.237. The summed E-state index contributed by atoms with van der Waals surface area (Å²) >= 11 is 0. The number of allylic oxidation sites excluding steroid dienone is 14. The third kappa shape index (κ3) is 14.5. The van der Waals surface area contributed by atoms with E-state index in [0.717, 1.165) is 18.3 Å². The monoisotopic (exact) mass is 574 g/mol. The molecule has 0 bridgehead atoms. The van der Waals surface area contributed by atoms with E-state index >= 15 is 0 Å². The minimum absolute atomic E-state index is 0.389. The van der Waals surface area contributed by atoms with Gasteiger partial charge < -0.3 is 5.73 Å². The zero-order valence-corrected chi connectivity index (χ0v) is 28.5. The van der Waals surface area contributed by atoms with Crippen molar-refractivity contribution in [2.45, 2.75) is 144 Å². The standard InChI is InChI=1S/C41H67N/c1-7-18-40(24-17-16-22-37-20-12-11-13-21-37)34(6)33(5)31-36(10-4)19-14-15-23-38-25-27-39(28-26-38)32-41(42)30-29-35(8-2)9-3/h7-8,10-13,16-18,20,24,33-34,37-39,41H,9,14-15,19,21-23,25-32,42H2,1-6H3. The fraction of sp³-hybridized carbons (Fsp3) is 0.659. The van der Waals surface area contributed by atoms with Crippen LogP contribution in [0.4, 0.5) is 0 Å². The molecule has 0 saturated heterocycles. The van der Waals surface area contributed by atoms with Gasteiger partial charge in [-0.05, 0) is 114 Å². The molecule has 2 aliphatic rings. The Kier molecular flexibility index (Phi) is 18.8. The second-order valence-corrected chi connectivity index (χ2v) is 13.5. The van der Waals surface area contributed by atoms with Gasteiger partial charge in [-0.2, -0.15) is 0 Å². The average Bonchev–Trinajstić information content (AvgIpc) is 3.01. The predicted octanol–water partition coefficient (Wildman–Crippen LogP) is 12.4. The molecular formula is C41H67N. The zero-order chi connectivity index (χ0) is 30.6. The highest BCUT2D eigenvalue weighted by Crippen LogP contribution is 2.35. The van der Waals surface area contributed by atoms with Gasteiger partial charge in [0, 0.05) is 6.04 Å². The molecule has 0 amide bonds. The molecule has 236 valence electrons. The van der Waals surface area contributed by atoms with Gasteiger partial charge in [0.2, 0.25) is 0 Å². The molecule has 0 aliphatic heterocycles. The van der Waals surface area contributed by atoms with E-state index in [2.05, 4.69) is 108 Å². The molecule has 0 radical (unpaired) electrons. The fourth-order valence-corrected chi connectivity index (χ4v) is 7.06. The van der Waals surface area contributed by atoms with E-state index in [1.807, 2.05) is 0 Å². The van der Waals surface area contributed by atoms with Crippen LogP contribution in [-0.2, 0) is 0 Å². The molecule has 1 heteroatoms. The maximum Gasteiger partial charge on any atom is 0.00445 e. The number of nitrogens with two attached hydrogens (primary N) is 1. The highest BCUT2D eigenvalue weighted by Gasteiger charge is 2.23. The Morgan fingerprint density at radius 2 is 1.67 bits per heavy atom. The molecule has 0 heterocycles. The first-order chi connectivity index (χ1) is 20.4. The molecular weight excluding hydrogens is 506 g/mol. The Morgan fingerprint density at radius 3 is 2.31 bits per heavy atom. The van der Waals surface area contributed by atoms with E-state index in [0.29, 0.717) is 23.8 Å². The van der Waals surface area contributed by atoms with E-state index in [-0.39, 0.29) is 0 Å². The van der Waals surface area contributed by atoms with Crippen LogP contribution in [0.25, 0.3) is 0 Å². The summed E-state index contributed by atoms with van der Waals surface area (Å²) in [6.45, 7) is 13.7. The summed E-state index contributed by atoms with van der Waals surface area (Å²) in [6, 6.07) is 0.389. The zero-order valence-electron chi connectivity index (χ0n) is 28.5. The Labute approximate surface area is 262 Å². The molecule has 4 unspecified atom stereocenters. The summed E-state index contributed by atoms with van der Waals surface area (Å²) in [5.74, 6) is 3.68. The van der Waals surface area contributed by atoms with Crippen molar-refractivity contribution in [2.24, 2.45) is 35.3 Å². The molecule has 2 aliphatic carbocycles. The molecule has 4 atom stereocenters. The lowest BCUT2D eigenvalue weighted by Gasteiger charge is -2.30. The van der Waals surface area contributed by atoms with Crippen molar-refractivity contribution < 1.29 is 0 Å². The predicted molar refractivity (Wildman–Crippen MR) is 190 cm³/mol. The number of rotatable bonds is 19. The van der Waals surface area contributed by atoms with Crippen molar-refractivity contribution in [1.82, 2.24) is 0 Å². The van der Waals surface area contributed by atoms with Crippen LogP contribution >= 0.6 is 0 Å². The summed E-state index contributed by atoms with van der Waals surface area (Å²) in [6.07, 6.45) is 44.5. The van der Waals surface area contributed by atoms with E-state index in [1.54, 1.807) is 11.1 Å². The van der Waals surface area contributed by atoms with Crippen molar-refractivity contribution >= 4 is 0 Å². The van der Waals surface area contributed by atoms with Crippen molar-refractivity contribution in [1.29, 1.82) is 0 Å². The van der Waals surface area contributed by atoms with Gasteiger partial charge in [-0.3, -0.25) is 0 Å². The van der Waals surface area contributed by atoms with Gasteiger partial charge in [0.05, 0.1) is 0 Å². The second-order valence-electron chi connectivity index (χ2n) is 13.5. The van der Waals surface area contributed by atoms with Crippen LogP contribution in [0.1, 0.15) is 138 Å². The number of hydrogen-bond acceptors (Lipinski definition) is 1. The summed E-state index contributed by atoms with van der Waals surface area (Å²) in [5.41, 5.74) is 11.2. The van der Waals surface area contributed by atoms with Gasteiger partial charge in [-0.1, -0.05) is 137 Å². The quantitative estimate of drug-likeness (QED) is 0.0928.